The number of fused-ring (bicyclic) bond motifs is 1. The van der Waals surface area contributed by atoms with Crippen LogP contribution in [0.4, 0.5) is 5.69 Å². The maximum atomic E-state index is 12.0. The van der Waals surface area contributed by atoms with E-state index in [-0.39, 0.29) is 11.8 Å². The summed E-state index contributed by atoms with van der Waals surface area (Å²) >= 11 is 0. The van der Waals surface area contributed by atoms with Crippen molar-refractivity contribution in [1.29, 1.82) is 5.26 Å². The minimum atomic E-state index is -0.0915. The summed E-state index contributed by atoms with van der Waals surface area (Å²) < 4.78 is 0. The molecule has 88 valence electrons. The van der Waals surface area contributed by atoms with Crippen LogP contribution in [0.2, 0.25) is 0 Å². The van der Waals surface area contributed by atoms with Crippen LogP contribution in [0, 0.1) is 11.3 Å². The lowest BCUT2D eigenvalue weighted by molar-refractivity contribution is -0.122. The van der Waals surface area contributed by atoms with E-state index in [1.807, 2.05) is 30.3 Å². The van der Waals surface area contributed by atoms with Gasteiger partial charge in [-0.15, -0.1) is 0 Å². The fourth-order valence-corrected chi connectivity index (χ4v) is 2.11. The molecule has 0 saturated heterocycles. The Balaban J connectivity index is 2.08. The van der Waals surface area contributed by atoms with Crippen molar-refractivity contribution in [2.45, 2.75) is 18.8 Å². The Morgan fingerprint density at radius 3 is 3.18 bits per heavy atom. The van der Waals surface area contributed by atoms with Crippen molar-refractivity contribution in [2.24, 2.45) is 0 Å². The van der Waals surface area contributed by atoms with Crippen molar-refractivity contribution in [2.75, 3.05) is 18.4 Å². The minimum Gasteiger partial charge on any atom is -0.385 e. The SMILES string of the molecule is N#CCCNC(=O)C1CCNc2ccccc21. The van der Waals surface area contributed by atoms with Gasteiger partial charge in [0.25, 0.3) is 0 Å². The van der Waals surface area contributed by atoms with E-state index < -0.39 is 0 Å². The summed E-state index contributed by atoms with van der Waals surface area (Å²) in [5.41, 5.74) is 2.09. The quantitative estimate of drug-likeness (QED) is 0.774. The number of amides is 1. The zero-order valence-corrected chi connectivity index (χ0v) is 9.57. The van der Waals surface area contributed by atoms with Gasteiger partial charge in [-0.1, -0.05) is 18.2 Å². The van der Waals surface area contributed by atoms with Gasteiger partial charge in [0.2, 0.25) is 5.91 Å². The van der Waals surface area contributed by atoms with Crippen molar-refractivity contribution in [3.8, 4) is 6.07 Å². The highest BCUT2D eigenvalue weighted by atomic mass is 16.1. The molecule has 1 amide bonds. The highest BCUT2D eigenvalue weighted by Crippen LogP contribution is 2.31. The zero-order chi connectivity index (χ0) is 12.1. The highest BCUT2D eigenvalue weighted by molar-refractivity contribution is 5.86. The average Bonchev–Trinajstić information content (AvgIpc) is 2.38. The molecule has 0 spiro atoms. The molecule has 4 nitrogen and oxygen atoms in total. The first-order chi connectivity index (χ1) is 8.33. The van der Waals surface area contributed by atoms with E-state index in [1.54, 1.807) is 0 Å². The summed E-state index contributed by atoms with van der Waals surface area (Å²) in [5.74, 6) is -0.0691. The number of carbonyl (C=O) groups is 1. The van der Waals surface area contributed by atoms with E-state index in [9.17, 15) is 4.79 Å². The zero-order valence-electron chi connectivity index (χ0n) is 9.57. The van der Waals surface area contributed by atoms with Gasteiger partial charge in [0.05, 0.1) is 18.4 Å². The van der Waals surface area contributed by atoms with Gasteiger partial charge >= 0.3 is 0 Å². The standard InChI is InChI=1S/C13H15N3O/c14-7-3-8-16-13(17)11-6-9-15-12-5-2-1-4-10(11)12/h1-2,4-5,11,15H,3,6,8-9H2,(H,16,17). The first-order valence-corrected chi connectivity index (χ1v) is 5.80. The summed E-state index contributed by atoms with van der Waals surface area (Å²) in [6.45, 7) is 1.24. The van der Waals surface area contributed by atoms with Crippen LogP contribution in [0.15, 0.2) is 24.3 Å². The number of carbonyl (C=O) groups excluding carboxylic acids is 1. The average molecular weight is 229 g/mol. The van der Waals surface area contributed by atoms with Crippen LogP contribution in [0.5, 0.6) is 0 Å². The lowest BCUT2D eigenvalue weighted by Gasteiger charge is -2.25. The van der Waals surface area contributed by atoms with Crippen LogP contribution >= 0.6 is 0 Å². The smallest absolute Gasteiger partial charge is 0.227 e. The summed E-state index contributed by atoms with van der Waals surface area (Å²) in [7, 11) is 0. The molecule has 0 fully saturated rings. The van der Waals surface area contributed by atoms with E-state index in [0.29, 0.717) is 13.0 Å². The first-order valence-electron chi connectivity index (χ1n) is 5.80. The Labute approximate surface area is 101 Å². The van der Waals surface area contributed by atoms with Gasteiger partial charge in [-0.25, -0.2) is 0 Å². The molecule has 1 aliphatic rings. The molecule has 17 heavy (non-hydrogen) atoms. The molecule has 0 aliphatic carbocycles. The fraction of sp³-hybridized carbons (Fsp3) is 0.385. The van der Waals surface area contributed by atoms with E-state index in [0.717, 1.165) is 24.2 Å². The summed E-state index contributed by atoms with van der Waals surface area (Å²) in [6, 6.07) is 9.90. The molecule has 1 atom stereocenters. The molecule has 1 heterocycles. The van der Waals surface area contributed by atoms with Gasteiger partial charge < -0.3 is 10.6 Å². The Kier molecular flexibility index (Phi) is 3.61. The molecule has 0 bridgehead atoms. The van der Waals surface area contributed by atoms with Crippen LogP contribution in [0.3, 0.4) is 0 Å². The Hall–Kier alpha value is -2.02. The van der Waals surface area contributed by atoms with Gasteiger partial charge in [-0.2, -0.15) is 5.26 Å². The van der Waals surface area contributed by atoms with Gasteiger partial charge in [-0.05, 0) is 18.1 Å². The molecular weight excluding hydrogens is 214 g/mol. The Bertz CT molecular complexity index is 450. The van der Waals surface area contributed by atoms with Crippen LogP contribution in [-0.2, 0) is 4.79 Å². The molecule has 0 radical (unpaired) electrons. The predicted octanol–water partition coefficient (Wildman–Crippen LogP) is 1.62. The molecule has 0 aromatic heterocycles. The number of hydrogen-bond donors (Lipinski definition) is 2. The van der Waals surface area contributed by atoms with Crippen LogP contribution in [0.25, 0.3) is 0 Å². The largest absolute Gasteiger partial charge is 0.385 e. The number of benzene rings is 1. The minimum absolute atomic E-state index is 0.0224. The topological polar surface area (TPSA) is 64.9 Å². The molecule has 0 saturated carbocycles. The monoisotopic (exact) mass is 229 g/mol. The van der Waals surface area contributed by atoms with Crippen LogP contribution in [-0.4, -0.2) is 19.0 Å². The third-order valence-corrected chi connectivity index (χ3v) is 2.94. The number of para-hydroxylation sites is 1. The fourth-order valence-electron chi connectivity index (χ4n) is 2.11. The maximum absolute atomic E-state index is 12.0. The van der Waals surface area contributed by atoms with Gasteiger partial charge in [-0.3, -0.25) is 4.79 Å². The molecule has 2 rings (SSSR count). The molecule has 2 N–H and O–H groups in total. The van der Waals surface area contributed by atoms with Crippen molar-refractivity contribution in [3.05, 3.63) is 29.8 Å². The lowest BCUT2D eigenvalue weighted by Crippen LogP contribution is -2.33. The number of anilines is 1. The van der Waals surface area contributed by atoms with Gasteiger partial charge in [0.1, 0.15) is 0 Å². The van der Waals surface area contributed by atoms with Gasteiger partial charge in [0.15, 0.2) is 0 Å². The van der Waals surface area contributed by atoms with E-state index in [4.69, 9.17) is 5.26 Å². The molecule has 1 aromatic rings. The number of nitrogens with zero attached hydrogens (tertiary/aromatic N) is 1. The third-order valence-electron chi connectivity index (χ3n) is 2.94. The van der Waals surface area contributed by atoms with E-state index in [2.05, 4.69) is 10.6 Å². The first kappa shape index (κ1) is 11.5. The van der Waals surface area contributed by atoms with Crippen molar-refractivity contribution >= 4 is 11.6 Å². The number of nitrogens with one attached hydrogen (secondary N) is 2. The predicted molar refractivity (Wildman–Crippen MR) is 65.5 cm³/mol. The normalized spacial score (nSPS) is 17.5. The summed E-state index contributed by atoms with van der Waals surface area (Å²) in [5, 5.41) is 14.5. The molecule has 1 aliphatic heterocycles. The lowest BCUT2D eigenvalue weighted by atomic mass is 9.90. The number of hydrogen-bond acceptors (Lipinski definition) is 3. The molecule has 4 heteroatoms. The summed E-state index contributed by atoms with van der Waals surface area (Å²) in [4.78, 5) is 12.0. The second-order valence-corrected chi connectivity index (χ2v) is 4.05. The van der Waals surface area contributed by atoms with Crippen LogP contribution in [0.1, 0.15) is 24.3 Å². The van der Waals surface area contributed by atoms with Crippen molar-refractivity contribution in [3.63, 3.8) is 0 Å². The number of nitriles is 1. The van der Waals surface area contributed by atoms with Crippen LogP contribution < -0.4 is 10.6 Å². The molecule has 1 aromatic carbocycles. The Morgan fingerprint density at radius 2 is 2.35 bits per heavy atom. The maximum Gasteiger partial charge on any atom is 0.227 e. The van der Waals surface area contributed by atoms with Crippen molar-refractivity contribution < 1.29 is 4.79 Å². The summed E-state index contributed by atoms with van der Waals surface area (Å²) in [6.07, 6.45) is 1.16. The van der Waals surface area contributed by atoms with Crippen molar-refractivity contribution in [1.82, 2.24) is 5.32 Å². The van der Waals surface area contributed by atoms with Gasteiger partial charge in [0, 0.05) is 18.8 Å². The second-order valence-electron chi connectivity index (χ2n) is 4.05. The highest BCUT2D eigenvalue weighted by Gasteiger charge is 2.25. The molecular formula is C13H15N3O. The van der Waals surface area contributed by atoms with E-state index in [1.165, 1.54) is 0 Å². The molecule has 1 unspecified atom stereocenters. The Morgan fingerprint density at radius 1 is 1.53 bits per heavy atom. The number of rotatable bonds is 3. The third kappa shape index (κ3) is 2.56. The second kappa shape index (κ2) is 5.35. The van der Waals surface area contributed by atoms with E-state index >= 15 is 0 Å².